The molecule has 0 heterocycles. The van der Waals surface area contributed by atoms with Crippen LogP contribution in [0.2, 0.25) is 5.02 Å². The molecule has 0 amide bonds. The van der Waals surface area contributed by atoms with Gasteiger partial charge in [-0.25, -0.2) is 0 Å². The van der Waals surface area contributed by atoms with Crippen molar-refractivity contribution in [2.45, 2.75) is 13.3 Å². The van der Waals surface area contributed by atoms with Gasteiger partial charge in [0.05, 0.1) is 16.4 Å². The predicted molar refractivity (Wildman–Crippen MR) is 77.0 cm³/mol. The van der Waals surface area contributed by atoms with E-state index in [9.17, 15) is 13.2 Å². The number of para-hydroxylation sites is 2. The summed E-state index contributed by atoms with van der Waals surface area (Å²) in [6.07, 6.45) is -4.76. The van der Waals surface area contributed by atoms with E-state index in [0.717, 1.165) is 5.56 Å². The van der Waals surface area contributed by atoms with Crippen molar-refractivity contribution >= 4 is 28.7 Å². The molecule has 3 N–H and O–H groups in total. The molecule has 2 aromatic rings. The highest BCUT2D eigenvalue weighted by molar-refractivity contribution is 6.33. The summed E-state index contributed by atoms with van der Waals surface area (Å²) in [6, 6.07) is 8.94. The monoisotopic (exact) mass is 316 g/mol. The lowest BCUT2D eigenvalue weighted by atomic mass is 10.1. The highest BCUT2D eigenvalue weighted by Crippen LogP contribution is 2.34. The zero-order valence-corrected chi connectivity index (χ0v) is 11.7. The molecule has 0 aromatic heterocycles. The Kier molecular flexibility index (Phi) is 4.18. The number of nitrogens with one attached hydrogen (secondary N) is 1. The van der Waals surface area contributed by atoms with Crippen LogP contribution < -0.4 is 15.8 Å². The lowest BCUT2D eigenvalue weighted by Crippen LogP contribution is -2.17. The molecule has 0 bridgehead atoms. The third-order valence-corrected chi connectivity index (χ3v) is 3.05. The summed E-state index contributed by atoms with van der Waals surface area (Å²) in [5, 5.41) is 3.18. The second-order valence-corrected chi connectivity index (χ2v) is 4.76. The summed E-state index contributed by atoms with van der Waals surface area (Å²) in [5.41, 5.74) is 7.54. The molecule has 0 saturated heterocycles. The van der Waals surface area contributed by atoms with Gasteiger partial charge in [-0.2, -0.15) is 0 Å². The number of hydrogen-bond acceptors (Lipinski definition) is 3. The number of alkyl halides is 3. The van der Waals surface area contributed by atoms with E-state index in [2.05, 4.69) is 10.1 Å². The normalized spacial score (nSPS) is 11.3. The third kappa shape index (κ3) is 3.95. The number of aryl methyl sites for hydroxylation is 1. The fourth-order valence-electron chi connectivity index (χ4n) is 1.77. The van der Waals surface area contributed by atoms with Gasteiger partial charge in [0.1, 0.15) is 0 Å². The lowest BCUT2D eigenvalue weighted by Gasteiger charge is -2.16. The SMILES string of the molecule is Cc1cc(N)c(Cl)cc1Nc1ccccc1OC(F)(F)F. The van der Waals surface area contributed by atoms with Crippen LogP contribution in [0.3, 0.4) is 0 Å². The Morgan fingerprint density at radius 2 is 1.81 bits per heavy atom. The first-order valence-corrected chi connectivity index (χ1v) is 6.31. The number of rotatable bonds is 3. The first-order chi connectivity index (χ1) is 9.76. The van der Waals surface area contributed by atoms with Crippen LogP contribution >= 0.6 is 11.6 Å². The number of halogens is 4. The van der Waals surface area contributed by atoms with Crippen LogP contribution in [0.5, 0.6) is 5.75 Å². The number of anilines is 3. The first kappa shape index (κ1) is 15.3. The minimum atomic E-state index is -4.76. The van der Waals surface area contributed by atoms with Crippen molar-refractivity contribution in [2.24, 2.45) is 0 Å². The summed E-state index contributed by atoms with van der Waals surface area (Å²) in [5.74, 6) is -0.322. The largest absolute Gasteiger partial charge is 0.573 e. The quantitative estimate of drug-likeness (QED) is 0.794. The van der Waals surface area contributed by atoms with Crippen LogP contribution in [0.25, 0.3) is 0 Å². The number of benzene rings is 2. The van der Waals surface area contributed by atoms with Crippen molar-refractivity contribution < 1.29 is 17.9 Å². The molecule has 0 spiro atoms. The predicted octanol–water partition coefficient (Wildman–Crippen LogP) is 4.87. The Morgan fingerprint density at radius 1 is 1.14 bits per heavy atom. The van der Waals surface area contributed by atoms with Gasteiger partial charge >= 0.3 is 6.36 Å². The highest BCUT2D eigenvalue weighted by Gasteiger charge is 2.32. The molecule has 0 fully saturated rings. The van der Waals surface area contributed by atoms with Gasteiger partial charge in [-0.05, 0) is 36.8 Å². The molecule has 7 heteroatoms. The van der Waals surface area contributed by atoms with Crippen molar-refractivity contribution in [3.8, 4) is 5.75 Å². The number of nitrogen functional groups attached to an aromatic ring is 1. The fourth-order valence-corrected chi connectivity index (χ4v) is 1.93. The molecule has 0 saturated carbocycles. The number of ether oxygens (including phenoxy) is 1. The van der Waals surface area contributed by atoms with Crippen LogP contribution in [-0.2, 0) is 0 Å². The second kappa shape index (κ2) is 5.73. The average Bonchev–Trinajstić information content (AvgIpc) is 2.36. The molecule has 0 atom stereocenters. The zero-order chi connectivity index (χ0) is 15.6. The smallest absolute Gasteiger partial charge is 0.404 e. The van der Waals surface area contributed by atoms with Gasteiger partial charge in [-0.1, -0.05) is 23.7 Å². The topological polar surface area (TPSA) is 47.3 Å². The van der Waals surface area contributed by atoms with Gasteiger partial charge < -0.3 is 15.8 Å². The Hall–Kier alpha value is -2.08. The molecule has 2 aromatic carbocycles. The molecule has 0 aliphatic carbocycles. The van der Waals surface area contributed by atoms with Gasteiger partial charge in [0, 0.05) is 5.69 Å². The van der Waals surface area contributed by atoms with E-state index < -0.39 is 6.36 Å². The molecule has 0 aliphatic heterocycles. The van der Waals surface area contributed by atoms with Crippen molar-refractivity contribution in [3.63, 3.8) is 0 Å². The van der Waals surface area contributed by atoms with Crippen molar-refractivity contribution in [2.75, 3.05) is 11.1 Å². The molecular formula is C14H12ClF3N2O. The van der Waals surface area contributed by atoms with Gasteiger partial charge in [0.2, 0.25) is 0 Å². The van der Waals surface area contributed by atoms with Crippen LogP contribution in [-0.4, -0.2) is 6.36 Å². The Morgan fingerprint density at radius 3 is 2.48 bits per heavy atom. The zero-order valence-electron chi connectivity index (χ0n) is 11.0. The molecule has 0 aliphatic rings. The third-order valence-electron chi connectivity index (χ3n) is 2.73. The molecule has 2 rings (SSSR count). The van der Waals surface area contributed by atoms with Crippen LogP contribution in [0.4, 0.5) is 30.2 Å². The van der Waals surface area contributed by atoms with E-state index >= 15 is 0 Å². The summed E-state index contributed by atoms with van der Waals surface area (Å²) in [6.45, 7) is 1.77. The molecule has 21 heavy (non-hydrogen) atoms. The minimum absolute atomic E-state index is 0.179. The Balaban J connectivity index is 2.34. The summed E-state index contributed by atoms with van der Waals surface area (Å²) < 4.78 is 41.1. The average molecular weight is 317 g/mol. The van der Waals surface area contributed by atoms with Gasteiger partial charge in [-0.15, -0.1) is 13.2 Å². The summed E-state index contributed by atoms with van der Waals surface area (Å²) in [4.78, 5) is 0. The van der Waals surface area contributed by atoms with E-state index in [-0.39, 0.29) is 11.4 Å². The lowest BCUT2D eigenvalue weighted by molar-refractivity contribution is -0.274. The van der Waals surface area contributed by atoms with Crippen molar-refractivity contribution in [1.82, 2.24) is 0 Å². The number of hydrogen-bond donors (Lipinski definition) is 2. The van der Waals surface area contributed by atoms with Gasteiger partial charge in [0.25, 0.3) is 0 Å². The maximum Gasteiger partial charge on any atom is 0.573 e. The Labute approximate surface area is 124 Å². The van der Waals surface area contributed by atoms with Crippen LogP contribution in [0.15, 0.2) is 36.4 Å². The van der Waals surface area contributed by atoms with Crippen molar-refractivity contribution in [3.05, 3.63) is 47.0 Å². The molecule has 0 radical (unpaired) electrons. The van der Waals surface area contributed by atoms with Gasteiger partial charge in [-0.3, -0.25) is 0 Å². The van der Waals surface area contributed by atoms with Crippen molar-refractivity contribution in [1.29, 1.82) is 0 Å². The van der Waals surface area contributed by atoms with Crippen LogP contribution in [0.1, 0.15) is 5.56 Å². The number of nitrogens with two attached hydrogens (primary N) is 1. The van der Waals surface area contributed by atoms with E-state index in [4.69, 9.17) is 17.3 Å². The maximum atomic E-state index is 12.4. The van der Waals surface area contributed by atoms with E-state index in [1.165, 1.54) is 18.2 Å². The maximum absolute atomic E-state index is 12.4. The van der Waals surface area contributed by atoms with E-state index in [0.29, 0.717) is 16.4 Å². The minimum Gasteiger partial charge on any atom is -0.404 e. The van der Waals surface area contributed by atoms with E-state index in [1.54, 1.807) is 25.1 Å². The van der Waals surface area contributed by atoms with E-state index in [1.807, 2.05) is 0 Å². The van der Waals surface area contributed by atoms with Gasteiger partial charge in [0.15, 0.2) is 5.75 Å². The second-order valence-electron chi connectivity index (χ2n) is 4.36. The standard InChI is InChI=1S/C14H12ClF3N2O/c1-8-6-10(19)9(15)7-12(8)20-11-4-2-3-5-13(11)21-14(16,17)18/h2-7,20H,19H2,1H3. The summed E-state index contributed by atoms with van der Waals surface area (Å²) in [7, 11) is 0. The Bertz CT molecular complexity index is 659. The molecule has 112 valence electrons. The molecule has 0 unspecified atom stereocenters. The van der Waals surface area contributed by atoms with Crippen LogP contribution in [0, 0.1) is 6.92 Å². The molecular weight excluding hydrogens is 305 g/mol. The first-order valence-electron chi connectivity index (χ1n) is 5.93. The molecule has 3 nitrogen and oxygen atoms in total. The fraction of sp³-hybridized carbons (Fsp3) is 0.143. The highest BCUT2D eigenvalue weighted by atomic mass is 35.5. The summed E-state index contributed by atoms with van der Waals surface area (Å²) >= 11 is 5.92.